The molecule has 1 aliphatic rings. The molecule has 1 aromatic heterocycles. The first-order valence-electron chi connectivity index (χ1n) is 6.74. The number of aromatic nitrogens is 3. The van der Waals surface area contributed by atoms with Crippen molar-refractivity contribution in [3.63, 3.8) is 0 Å². The number of aromatic carboxylic acids is 1. The lowest BCUT2D eigenvalue weighted by molar-refractivity contribution is 0.0696. The van der Waals surface area contributed by atoms with E-state index in [1.807, 2.05) is 0 Å². The van der Waals surface area contributed by atoms with Crippen LogP contribution in [-0.2, 0) is 19.5 Å². The van der Waals surface area contributed by atoms with Gasteiger partial charge in [0.2, 0.25) is 0 Å². The highest BCUT2D eigenvalue weighted by atomic mass is 19.1. The quantitative estimate of drug-likeness (QED) is 0.923. The van der Waals surface area contributed by atoms with Crippen LogP contribution in [0.3, 0.4) is 0 Å². The van der Waals surface area contributed by atoms with Gasteiger partial charge in [-0.1, -0.05) is 0 Å². The number of hydrogen-bond acceptors (Lipinski definition) is 3. The Morgan fingerprint density at radius 1 is 1.38 bits per heavy atom. The Balaban J connectivity index is 1.97. The largest absolute Gasteiger partial charge is 0.478 e. The monoisotopic (exact) mass is 291 g/mol. The molecule has 21 heavy (non-hydrogen) atoms. The van der Waals surface area contributed by atoms with E-state index in [-0.39, 0.29) is 23.4 Å². The van der Waals surface area contributed by atoms with Gasteiger partial charge in [-0.3, -0.25) is 4.57 Å². The fourth-order valence-electron chi connectivity index (χ4n) is 2.54. The van der Waals surface area contributed by atoms with Crippen LogP contribution in [0.15, 0.2) is 23.0 Å². The maximum absolute atomic E-state index is 13.8. The van der Waals surface area contributed by atoms with Crippen molar-refractivity contribution in [2.45, 2.75) is 32.4 Å². The molecule has 0 saturated carbocycles. The number of hydrogen-bond donors (Lipinski definition) is 1. The summed E-state index contributed by atoms with van der Waals surface area (Å²) >= 11 is 0. The highest BCUT2D eigenvalue weighted by molar-refractivity contribution is 5.87. The van der Waals surface area contributed by atoms with Crippen LogP contribution >= 0.6 is 0 Å². The highest BCUT2D eigenvalue weighted by Crippen LogP contribution is 2.13. The summed E-state index contributed by atoms with van der Waals surface area (Å²) < 4.78 is 16.6. The summed E-state index contributed by atoms with van der Waals surface area (Å²) in [5, 5.41) is 13.2. The first-order valence-corrected chi connectivity index (χ1v) is 6.74. The Hall–Kier alpha value is -2.44. The Kier molecular flexibility index (Phi) is 3.32. The molecule has 0 amide bonds. The fourth-order valence-corrected chi connectivity index (χ4v) is 2.54. The second-order valence-electron chi connectivity index (χ2n) is 5.08. The van der Waals surface area contributed by atoms with Crippen LogP contribution in [0.2, 0.25) is 0 Å². The van der Waals surface area contributed by atoms with Gasteiger partial charge in [-0.2, -0.15) is 5.10 Å². The number of aryl methyl sites for hydroxylation is 1. The van der Waals surface area contributed by atoms with Crippen LogP contribution in [0.4, 0.5) is 4.39 Å². The number of carboxylic acids is 1. The van der Waals surface area contributed by atoms with E-state index < -0.39 is 11.8 Å². The molecule has 6 nitrogen and oxygen atoms in total. The fraction of sp³-hybridized carbons (Fsp3) is 0.357. The Bertz CT molecular complexity index is 763. The summed E-state index contributed by atoms with van der Waals surface area (Å²) in [5.74, 6) is -0.966. The molecule has 0 radical (unpaired) electrons. The Labute approximate surface area is 119 Å². The smallest absolute Gasteiger partial charge is 0.346 e. The standard InChI is InChI=1S/C14H14FN3O3/c15-11-5-4-9(13(19)20)7-10(11)8-18-14(21)17-6-2-1-3-12(17)16-18/h4-5,7H,1-3,6,8H2,(H,19,20). The van der Waals surface area contributed by atoms with E-state index in [1.165, 1.54) is 16.8 Å². The molecule has 2 heterocycles. The van der Waals surface area contributed by atoms with E-state index in [9.17, 15) is 14.0 Å². The molecule has 0 aliphatic carbocycles. The highest BCUT2D eigenvalue weighted by Gasteiger charge is 2.18. The number of fused-ring (bicyclic) bond motifs is 1. The van der Waals surface area contributed by atoms with E-state index in [4.69, 9.17) is 5.11 Å². The molecule has 0 fully saturated rings. The summed E-state index contributed by atoms with van der Waals surface area (Å²) in [6.07, 6.45) is 2.65. The number of carboxylic acid groups (broad SMARTS) is 1. The van der Waals surface area contributed by atoms with Crippen LogP contribution in [-0.4, -0.2) is 25.4 Å². The number of rotatable bonds is 3. The van der Waals surface area contributed by atoms with Gasteiger partial charge < -0.3 is 5.11 Å². The van der Waals surface area contributed by atoms with E-state index in [2.05, 4.69) is 5.10 Å². The van der Waals surface area contributed by atoms with Crippen molar-refractivity contribution in [2.75, 3.05) is 0 Å². The lowest BCUT2D eigenvalue weighted by Gasteiger charge is -2.09. The van der Waals surface area contributed by atoms with Crippen molar-refractivity contribution in [3.8, 4) is 0 Å². The van der Waals surface area contributed by atoms with Crippen molar-refractivity contribution < 1.29 is 14.3 Å². The van der Waals surface area contributed by atoms with Gasteiger partial charge in [-0.15, -0.1) is 0 Å². The zero-order valence-corrected chi connectivity index (χ0v) is 11.3. The minimum Gasteiger partial charge on any atom is -0.478 e. The number of carbonyl (C=O) groups is 1. The van der Waals surface area contributed by atoms with Crippen molar-refractivity contribution in [1.82, 2.24) is 14.3 Å². The molecule has 110 valence electrons. The van der Waals surface area contributed by atoms with Gasteiger partial charge in [-0.25, -0.2) is 18.7 Å². The van der Waals surface area contributed by atoms with E-state index in [1.54, 1.807) is 4.57 Å². The number of nitrogens with zero attached hydrogens (tertiary/aromatic N) is 3. The van der Waals surface area contributed by atoms with Crippen LogP contribution in [0.1, 0.15) is 34.6 Å². The van der Waals surface area contributed by atoms with Crippen LogP contribution in [0, 0.1) is 5.82 Å². The van der Waals surface area contributed by atoms with Crippen molar-refractivity contribution in [1.29, 1.82) is 0 Å². The Morgan fingerprint density at radius 3 is 2.90 bits per heavy atom. The van der Waals surface area contributed by atoms with Crippen LogP contribution in [0.25, 0.3) is 0 Å². The maximum Gasteiger partial charge on any atom is 0.346 e. The third kappa shape index (κ3) is 2.46. The molecule has 0 bridgehead atoms. The van der Waals surface area contributed by atoms with Gasteiger partial charge in [-0.05, 0) is 31.0 Å². The van der Waals surface area contributed by atoms with Crippen molar-refractivity contribution >= 4 is 5.97 Å². The molecule has 0 spiro atoms. The molecule has 2 aromatic rings. The maximum atomic E-state index is 13.8. The average Bonchev–Trinajstić information content (AvgIpc) is 2.78. The van der Waals surface area contributed by atoms with Gasteiger partial charge >= 0.3 is 11.7 Å². The normalized spacial score (nSPS) is 14.0. The predicted molar refractivity (Wildman–Crippen MR) is 71.9 cm³/mol. The minimum absolute atomic E-state index is 0.0107. The molecule has 1 aliphatic heterocycles. The molecule has 1 N–H and O–H groups in total. The van der Waals surface area contributed by atoms with E-state index >= 15 is 0 Å². The second kappa shape index (κ2) is 5.16. The van der Waals surface area contributed by atoms with Crippen molar-refractivity contribution in [3.05, 3.63) is 51.5 Å². The average molecular weight is 291 g/mol. The third-order valence-electron chi connectivity index (χ3n) is 3.64. The van der Waals surface area contributed by atoms with Crippen LogP contribution < -0.4 is 5.69 Å². The van der Waals surface area contributed by atoms with Crippen LogP contribution in [0.5, 0.6) is 0 Å². The summed E-state index contributed by atoms with van der Waals surface area (Å²) in [6, 6.07) is 3.53. The van der Waals surface area contributed by atoms with Gasteiger partial charge in [0.25, 0.3) is 0 Å². The summed E-state index contributed by atoms with van der Waals surface area (Å²) in [6.45, 7) is 0.567. The SMILES string of the molecule is O=C(O)c1ccc(F)c(Cn2nc3n(c2=O)CCCC3)c1. The molecule has 0 unspecified atom stereocenters. The second-order valence-corrected chi connectivity index (χ2v) is 5.08. The van der Waals surface area contributed by atoms with E-state index in [0.29, 0.717) is 12.4 Å². The van der Waals surface area contributed by atoms with E-state index in [0.717, 1.165) is 25.3 Å². The zero-order valence-electron chi connectivity index (χ0n) is 11.3. The van der Waals surface area contributed by atoms with Gasteiger partial charge in [0.15, 0.2) is 0 Å². The first kappa shape index (κ1) is 13.5. The molecular weight excluding hydrogens is 277 g/mol. The lowest BCUT2D eigenvalue weighted by Crippen LogP contribution is -2.27. The van der Waals surface area contributed by atoms with Crippen molar-refractivity contribution in [2.24, 2.45) is 0 Å². The topological polar surface area (TPSA) is 77.1 Å². The van der Waals surface area contributed by atoms with Gasteiger partial charge in [0, 0.05) is 18.5 Å². The van der Waals surface area contributed by atoms with Gasteiger partial charge in [0.05, 0.1) is 12.1 Å². The molecule has 7 heteroatoms. The molecule has 0 atom stereocenters. The lowest BCUT2D eigenvalue weighted by atomic mass is 10.1. The molecule has 1 aromatic carbocycles. The summed E-state index contributed by atoms with van der Waals surface area (Å²) in [7, 11) is 0. The zero-order chi connectivity index (χ0) is 15.0. The predicted octanol–water partition coefficient (Wildman–Crippen LogP) is 1.27. The minimum atomic E-state index is -1.13. The summed E-state index contributed by atoms with van der Waals surface area (Å²) in [4.78, 5) is 23.1. The first-order chi connectivity index (χ1) is 10.1. The molecular formula is C14H14FN3O3. The Morgan fingerprint density at radius 2 is 2.19 bits per heavy atom. The molecule has 3 rings (SSSR count). The van der Waals surface area contributed by atoms with Gasteiger partial charge in [0.1, 0.15) is 11.6 Å². The number of halogens is 1. The summed E-state index contributed by atoms with van der Waals surface area (Å²) in [5.41, 5.74) is -0.138. The third-order valence-corrected chi connectivity index (χ3v) is 3.64. The number of benzene rings is 1. The molecule has 0 saturated heterocycles.